The van der Waals surface area contributed by atoms with Gasteiger partial charge >= 0.3 is 5.97 Å². The Morgan fingerprint density at radius 2 is 1.65 bits per heavy atom. The first-order valence-corrected chi connectivity index (χ1v) is 7.23. The zero-order valence-corrected chi connectivity index (χ0v) is 12.3. The predicted octanol–water partition coefficient (Wildman–Crippen LogP) is 3.33. The average molecular weight is 305 g/mol. The monoisotopic (exact) mass is 305 g/mol. The molecule has 0 aliphatic carbocycles. The summed E-state index contributed by atoms with van der Waals surface area (Å²) in [5.74, 6) is -1.22. The van der Waals surface area contributed by atoms with Gasteiger partial charge in [0.25, 0.3) is 5.56 Å². The summed E-state index contributed by atoms with van der Waals surface area (Å²) >= 11 is 0. The summed E-state index contributed by atoms with van der Waals surface area (Å²) < 4.78 is 0. The molecule has 0 aliphatic heterocycles. The Hall–Kier alpha value is -3.14. The van der Waals surface area contributed by atoms with Crippen LogP contribution in [0.3, 0.4) is 0 Å². The molecule has 2 N–H and O–H groups in total. The van der Waals surface area contributed by atoms with E-state index in [2.05, 4.69) is 11.1 Å². The lowest BCUT2D eigenvalue weighted by Crippen LogP contribution is -2.18. The van der Waals surface area contributed by atoms with Crippen molar-refractivity contribution in [3.05, 3.63) is 93.9 Å². The van der Waals surface area contributed by atoms with Gasteiger partial charge in [-0.1, -0.05) is 54.6 Å². The number of hydrogen-bond acceptors (Lipinski definition) is 2. The van der Waals surface area contributed by atoms with Crippen molar-refractivity contribution in [1.29, 1.82) is 0 Å². The minimum absolute atomic E-state index is 0.244. The Bertz CT molecular complexity index is 898. The molecule has 0 unspecified atom stereocenters. The fraction of sp³-hybridized carbons (Fsp3) is 0.0526. The van der Waals surface area contributed by atoms with Gasteiger partial charge < -0.3 is 10.1 Å². The lowest BCUT2D eigenvalue weighted by atomic mass is 10.0. The molecule has 23 heavy (non-hydrogen) atoms. The predicted molar refractivity (Wildman–Crippen MR) is 88.7 cm³/mol. The molecule has 0 saturated carbocycles. The molecule has 0 bridgehead atoms. The van der Waals surface area contributed by atoms with Crippen molar-refractivity contribution in [2.75, 3.05) is 0 Å². The number of pyridine rings is 1. The maximum atomic E-state index is 11.7. The standard InChI is InChI=1S/C19H15NO3/c21-18-17(19(22)23)10-9-16(20-18)12-13-5-4-8-15(11-13)14-6-2-1-3-7-14/h1-11H,12H2,(H,20,21)(H,22,23). The summed E-state index contributed by atoms with van der Waals surface area (Å²) in [4.78, 5) is 25.2. The van der Waals surface area contributed by atoms with Crippen LogP contribution >= 0.6 is 0 Å². The summed E-state index contributed by atoms with van der Waals surface area (Å²) in [6.07, 6.45) is 0.538. The third-order valence-electron chi connectivity index (χ3n) is 3.63. The molecule has 4 heteroatoms. The molecule has 1 heterocycles. The highest BCUT2D eigenvalue weighted by Crippen LogP contribution is 2.21. The molecular formula is C19H15NO3. The van der Waals surface area contributed by atoms with Crippen LogP contribution in [0.5, 0.6) is 0 Å². The zero-order chi connectivity index (χ0) is 16.2. The van der Waals surface area contributed by atoms with Crippen molar-refractivity contribution in [2.45, 2.75) is 6.42 Å². The van der Waals surface area contributed by atoms with E-state index in [1.54, 1.807) is 6.07 Å². The Morgan fingerprint density at radius 3 is 2.35 bits per heavy atom. The van der Waals surface area contributed by atoms with Crippen molar-refractivity contribution < 1.29 is 9.90 Å². The second-order valence-corrected chi connectivity index (χ2v) is 5.27. The van der Waals surface area contributed by atoms with Crippen molar-refractivity contribution in [2.24, 2.45) is 0 Å². The molecule has 0 atom stereocenters. The second kappa shape index (κ2) is 6.32. The van der Waals surface area contributed by atoms with Crippen LogP contribution < -0.4 is 5.56 Å². The van der Waals surface area contributed by atoms with E-state index >= 15 is 0 Å². The second-order valence-electron chi connectivity index (χ2n) is 5.27. The highest BCUT2D eigenvalue weighted by Gasteiger charge is 2.09. The van der Waals surface area contributed by atoms with Crippen molar-refractivity contribution in [3.63, 3.8) is 0 Å². The molecule has 0 saturated heterocycles. The van der Waals surface area contributed by atoms with Gasteiger partial charge in [0, 0.05) is 12.1 Å². The van der Waals surface area contributed by atoms with Gasteiger partial charge in [-0.25, -0.2) is 4.79 Å². The lowest BCUT2D eigenvalue weighted by Gasteiger charge is -2.06. The van der Waals surface area contributed by atoms with E-state index in [1.165, 1.54) is 6.07 Å². The van der Waals surface area contributed by atoms with E-state index in [-0.39, 0.29) is 5.56 Å². The summed E-state index contributed by atoms with van der Waals surface area (Å²) in [7, 11) is 0. The van der Waals surface area contributed by atoms with Crippen molar-refractivity contribution in [3.8, 4) is 11.1 Å². The van der Waals surface area contributed by atoms with Gasteiger partial charge in [-0.3, -0.25) is 4.79 Å². The highest BCUT2D eigenvalue weighted by atomic mass is 16.4. The van der Waals surface area contributed by atoms with Gasteiger partial charge in [0.2, 0.25) is 0 Å². The van der Waals surface area contributed by atoms with Gasteiger partial charge in [0.1, 0.15) is 5.56 Å². The molecule has 0 radical (unpaired) electrons. The molecular weight excluding hydrogens is 290 g/mol. The number of rotatable bonds is 4. The summed E-state index contributed by atoms with van der Waals surface area (Å²) in [5, 5.41) is 8.89. The number of carboxylic acid groups (broad SMARTS) is 1. The number of carbonyl (C=O) groups is 1. The quantitative estimate of drug-likeness (QED) is 0.776. The molecule has 0 fully saturated rings. The maximum absolute atomic E-state index is 11.7. The fourth-order valence-electron chi connectivity index (χ4n) is 2.50. The van der Waals surface area contributed by atoms with Crippen LogP contribution in [0, 0.1) is 0 Å². The van der Waals surface area contributed by atoms with Crippen LogP contribution in [-0.4, -0.2) is 16.1 Å². The third-order valence-corrected chi connectivity index (χ3v) is 3.63. The first-order chi connectivity index (χ1) is 11.1. The fourth-order valence-corrected chi connectivity index (χ4v) is 2.50. The number of nitrogens with one attached hydrogen (secondary N) is 1. The molecule has 3 rings (SSSR count). The van der Waals surface area contributed by atoms with E-state index in [0.29, 0.717) is 12.1 Å². The average Bonchev–Trinajstić information content (AvgIpc) is 2.56. The number of aromatic amines is 1. The largest absolute Gasteiger partial charge is 0.477 e. The maximum Gasteiger partial charge on any atom is 0.341 e. The van der Waals surface area contributed by atoms with Crippen LogP contribution in [0.4, 0.5) is 0 Å². The minimum atomic E-state index is -1.22. The minimum Gasteiger partial charge on any atom is -0.477 e. The number of H-pyrrole nitrogens is 1. The smallest absolute Gasteiger partial charge is 0.341 e. The first-order valence-electron chi connectivity index (χ1n) is 7.23. The number of carboxylic acids is 1. The van der Waals surface area contributed by atoms with Gasteiger partial charge in [0.15, 0.2) is 0 Å². The van der Waals surface area contributed by atoms with Gasteiger partial charge in [0.05, 0.1) is 0 Å². The van der Waals surface area contributed by atoms with Gasteiger partial charge in [-0.05, 0) is 28.8 Å². The Balaban J connectivity index is 1.88. The number of aromatic carboxylic acids is 1. The van der Waals surface area contributed by atoms with Gasteiger partial charge in [-0.15, -0.1) is 0 Å². The zero-order valence-electron chi connectivity index (χ0n) is 12.3. The summed E-state index contributed by atoms with van der Waals surface area (Å²) in [5.41, 5.74) is 3.15. The van der Waals surface area contributed by atoms with E-state index in [0.717, 1.165) is 16.7 Å². The SMILES string of the molecule is O=C(O)c1ccc(Cc2cccc(-c3ccccc3)c2)[nH]c1=O. The van der Waals surface area contributed by atoms with Crippen LogP contribution in [0.15, 0.2) is 71.5 Å². The third kappa shape index (κ3) is 3.37. The molecule has 0 aliphatic rings. The lowest BCUT2D eigenvalue weighted by molar-refractivity contribution is 0.0695. The highest BCUT2D eigenvalue weighted by molar-refractivity contribution is 5.87. The molecule has 1 aromatic heterocycles. The van der Waals surface area contributed by atoms with Crippen molar-refractivity contribution in [1.82, 2.24) is 4.98 Å². The van der Waals surface area contributed by atoms with E-state index in [1.807, 2.05) is 48.5 Å². The van der Waals surface area contributed by atoms with Crippen LogP contribution in [0.2, 0.25) is 0 Å². The van der Waals surface area contributed by atoms with E-state index < -0.39 is 11.5 Å². The Morgan fingerprint density at radius 1 is 0.913 bits per heavy atom. The topological polar surface area (TPSA) is 70.2 Å². The Kier molecular flexibility index (Phi) is 4.06. The Labute approximate surface area is 133 Å². The number of benzene rings is 2. The van der Waals surface area contributed by atoms with E-state index in [9.17, 15) is 9.59 Å². The number of hydrogen-bond donors (Lipinski definition) is 2. The van der Waals surface area contributed by atoms with Crippen molar-refractivity contribution >= 4 is 5.97 Å². The van der Waals surface area contributed by atoms with Gasteiger partial charge in [-0.2, -0.15) is 0 Å². The summed E-state index contributed by atoms with van der Waals surface area (Å²) in [6.45, 7) is 0. The number of aromatic nitrogens is 1. The molecule has 0 spiro atoms. The van der Waals surface area contributed by atoms with Crippen LogP contribution in [0.25, 0.3) is 11.1 Å². The molecule has 4 nitrogen and oxygen atoms in total. The van der Waals surface area contributed by atoms with E-state index in [4.69, 9.17) is 5.11 Å². The van der Waals surface area contributed by atoms with Crippen LogP contribution in [0.1, 0.15) is 21.6 Å². The molecule has 114 valence electrons. The van der Waals surface area contributed by atoms with Crippen LogP contribution in [-0.2, 0) is 6.42 Å². The molecule has 3 aromatic rings. The molecule has 2 aromatic carbocycles. The summed E-state index contributed by atoms with van der Waals surface area (Å²) in [6, 6.07) is 21.1. The normalized spacial score (nSPS) is 10.4. The molecule has 0 amide bonds. The first kappa shape index (κ1) is 14.8.